The Hall–Kier alpha value is -2.22. The molecule has 2 aromatic rings. The lowest BCUT2D eigenvalue weighted by molar-refractivity contribution is -0.125. The third-order valence-electron chi connectivity index (χ3n) is 4.19. The summed E-state index contributed by atoms with van der Waals surface area (Å²) in [6.45, 7) is -0.0457. The molecule has 2 amide bonds. The fraction of sp³-hybridized carbons (Fsp3) is 0.500. The summed E-state index contributed by atoms with van der Waals surface area (Å²) in [4.78, 5) is 44.6. The molecule has 0 radical (unpaired) electrons. The minimum atomic E-state index is -0.250. The van der Waals surface area contributed by atoms with E-state index < -0.39 is 0 Å². The van der Waals surface area contributed by atoms with Crippen molar-refractivity contribution in [2.24, 2.45) is 0 Å². The molecule has 0 atom stereocenters. The van der Waals surface area contributed by atoms with E-state index in [2.05, 4.69) is 20.6 Å². The number of nitrogens with zero attached hydrogens (tertiary/aromatic N) is 1. The van der Waals surface area contributed by atoms with Crippen molar-refractivity contribution in [2.45, 2.75) is 38.5 Å². The minimum Gasteiger partial charge on any atom is -0.358 e. The lowest BCUT2D eigenvalue weighted by Gasteiger charge is -2.09. The third-order valence-corrected chi connectivity index (χ3v) is 5.37. The maximum Gasteiger partial charge on any atom is 0.259 e. The molecular formula is C16H20N4O3S. The maximum absolute atomic E-state index is 12.4. The van der Waals surface area contributed by atoms with Crippen LogP contribution in [0.2, 0.25) is 0 Å². The Labute approximate surface area is 142 Å². The smallest absolute Gasteiger partial charge is 0.259 e. The van der Waals surface area contributed by atoms with Crippen LogP contribution in [0.25, 0.3) is 10.2 Å². The van der Waals surface area contributed by atoms with Gasteiger partial charge < -0.3 is 15.6 Å². The molecular weight excluding hydrogens is 328 g/mol. The van der Waals surface area contributed by atoms with Crippen LogP contribution in [-0.2, 0) is 28.9 Å². The van der Waals surface area contributed by atoms with Crippen LogP contribution in [-0.4, -0.2) is 35.4 Å². The topological polar surface area (TPSA) is 104 Å². The molecule has 0 fully saturated rings. The zero-order valence-corrected chi connectivity index (χ0v) is 14.3. The Morgan fingerprint density at radius 1 is 1.25 bits per heavy atom. The first-order valence-electron chi connectivity index (χ1n) is 8.09. The van der Waals surface area contributed by atoms with Crippen LogP contribution in [0.4, 0.5) is 0 Å². The molecule has 0 aromatic carbocycles. The van der Waals surface area contributed by atoms with Crippen molar-refractivity contribution in [3.8, 4) is 0 Å². The van der Waals surface area contributed by atoms with Gasteiger partial charge in [0.05, 0.1) is 11.9 Å². The number of rotatable bonds is 5. The van der Waals surface area contributed by atoms with E-state index in [1.807, 2.05) is 0 Å². The molecule has 0 aliphatic heterocycles. The van der Waals surface area contributed by atoms with Crippen LogP contribution in [0.1, 0.15) is 35.5 Å². The highest BCUT2D eigenvalue weighted by molar-refractivity contribution is 7.18. The summed E-state index contributed by atoms with van der Waals surface area (Å²) in [7, 11) is 1.51. The molecule has 0 saturated carbocycles. The van der Waals surface area contributed by atoms with Gasteiger partial charge in [0.15, 0.2) is 0 Å². The normalized spacial score (nSPS) is 13.5. The Morgan fingerprint density at radius 2 is 2.04 bits per heavy atom. The number of aryl methyl sites for hydroxylation is 3. The van der Waals surface area contributed by atoms with E-state index in [1.54, 1.807) is 11.3 Å². The molecule has 3 N–H and O–H groups in total. The molecule has 0 unspecified atom stereocenters. The van der Waals surface area contributed by atoms with Gasteiger partial charge in [0.25, 0.3) is 5.56 Å². The highest BCUT2D eigenvalue weighted by Gasteiger charge is 2.19. The lowest BCUT2D eigenvalue weighted by atomic mass is 9.97. The van der Waals surface area contributed by atoms with Gasteiger partial charge in [-0.15, -0.1) is 11.3 Å². The van der Waals surface area contributed by atoms with Gasteiger partial charge in [0.1, 0.15) is 10.7 Å². The summed E-state index contributed by atoms with van der Waals surface area (Å²) < 4.78 is 0. The number of hydrogen-bond acceptors (Lipinski definition) is 5. The summed E-state index contributed by atoms with van der Waals surface area (Å²) in [5.41, 5.74) is 1.05. The first-order chi connectivity index (χ1) is 11.6. The highest BCUT2D eigenvalue weighted by Crippen LogP contribution is 2.33. The number of carbonyl (C=O) groups excluding carboxylic acids is 2. The first-order valence-corrected chi connectivity index (χ1v) is 8.91. The van der Waals surface area contributed by atoms with Crippen molar-refractivity contribution in [3.63, 3.8) is 0 Å². The number of fused-ring (bicyclic) bond motifs is 3. The van der Waals surface area contributed by atoms with Gasteiger partial charge in [0, 0.05) is 24.8 Å². The van der Waals surface area contributed by atoms with E-state index in [9.17, 15) is 14.4 Å². The summed E-state index contributed by atoms with van der Waals surface area (Å²) >= 11 is 1.59. The predicted molar refractivity (Wildman–Crippen MR) is 92.3 cm³/mol. The Kier molecular flexibility index (Phi) is 4.94. The molecule has 1 aliphatic carbocycles. The summed E-state index contributed by atoms with van der Waals surface area (Å²) in [6, 6.07) is 0. The number of hydrogen-bond donors (Lipinski definition) is 3. The van der Waals surface area contributed by atoms with Gasteiger partial charge >= 0.3 is 0 Å². The van der Waals surface area contributed by atoms with Crippen LogP contribution in [0.3, 0.4) is 0 Å². The quantitative estimate of drug-likeness (QED) is 0.738. The second-order valence-electron chi connectivity index (χ2n) is 5.85. The van der Waals surface area contributed by atoms with Gasteiger partial charge in [-0.1, -0.05) is 0 Å². The number of amides is 2. The fourth-order valence-electron chi connectivity index (χ4n) is 2.91. The van der Waals surface area contributed by atoms with Crippen LogP contribution in [0.5, 0.6) is 0 Å². The molecule has 8 heteroatoms. The first kappa shape index (κ1) is 16.6. The molecule has 128 valence electrons. The molecule has 0 spiro atoms. The Morgan fingerprint density at radius 3 is 2.83 bits per heavy atom. The van der Waals surface area contributed by atoms with Gasteiger partial charge in [0.2, 0.25) is 11.8 Å². The average molecular weight is 348 g/mol. The molecule has 3 rings (SSSR count). The number of H-pyrrole nitrogens is 1. The average Bonchev–Trinajstić information content (AvgIpc) is 2.96. The van der Waals surface area contributed by atoms with E-state index in [0.717, 1.165) is 41.5 Å². The van der Waals surface area contributed by atoms with E-state index in [-0.39, 0.29) is 30.3 Å². The zero-order valence-electron chi connectivity index (χ0n) is 13.5. The van der Waals surface area contributed by atoms with Gasteiger partial charge in [-0.25, -0.2) is 4.98 Å². The van der Waals surface area contributed by atoms with Crippen LogP contribution in [0.15, 0.2) is 4.79 Å². The second kappa shape index (κ2) is 7.12. The summed E-state index contributed by atoms with van der Waals surface area (Å²) in [6.07, 6.45) is 4.76. The highest BCUT2D eigenvalue weighted by atomic mass is 32.1. The molecule has 2 aromatic heterocycles. The number of carbonyl (C=O) groups is 2. The Bertz CT molecular complexity index is 840. The standard InChI is InChI=1S/C16H20N4O3S/c1-17-13(22)8-18-12(21)7-6-11-19-15(23)14-9-4-2-3-5-10(9)24-16(14)20-11/h2-8H2,1H3,(H,17,22)(H,18,21)(H,19,20,23). The maximum atomic E-state index is 12.4. The molecule has 7 nitrogen and oxygen atoms in total. The van der Waals surface area contributed by atoms with Crippen molar-refractivity contribution < 1.29 is 9.59 Å². The lowest BCUT2D eigenvalue weighted by Crippen LogP contribution is -2.35. The molecule has 24 heavy (non-hydrogen) atoms. The largest absolute Gasteiger partial charge is 0.358 e. The number of thiophene rings is 1. The van der Waals surface area contributed by atoms with Crippen LogP contribution in [0, 0.1) is 0 Å². The van der Waals surface area contributed by atoms with Crippen LogP contribution < -0.4 is 16.2 Å². The van der Waals surface area contributed by atoms with E-state index in [0.29, 0.717) is 12.2 Å². The third kappa shape index (κ3) is 3.48. The monoisotopic (exact) mass is 348 g/mol. The molecule has 0 bridgehead atoms. The van der Waals surface area contributed by atoms with Crippen molar-refractivity contribution in [3.05, 3.63) is 26.6 Å². The molecule has 0 saturated heterocycles. The minimum absolute atomic E-state index is 0.0457. The Balaban J connectivity index is 1.71. The van der Waals surface area contributed by atoms with E-state index in [4.69, 9.17) is 0 Å². The summed E-state index contributed by atoms with van der Waals surface area (Å²) in [5.74, 6) is 0.0217. The van der Waals surface area contributed by atoms with Gasteiger partial charge in [-0.3, -0.25) is 14.4 Å². The van der Waals surface area contributed by atoms with Crippen molar-refractivity contribution >= 4 is 33.4 Å². The SMILES string of the molecule is CNC(=O)CNC(=O)CCc1nc2sc3c(c2c(=O)[nH]1)CCCC3. The van der Waals surface area contributed by atoms with Gasteiger partial charge in [-0.05, 0) is 31.2 Å². The second-order valence-corrected chi connectivity index (χ2v) is 6.94. The van der Waals surface area contributed by atoms with Crippen molar-refractivity contribution in [1.82, 2.24) is 20.6 Å². The zero-order chi connectivity index (χ0) is 17.1. The number of aromatic amines is 1. The number of aromatic nitrogens is 2. The molecule has 2 heterocycles. The fourth-order valence-corrected chi connectivity index (χ4v) is 4.20. The van der Waals surface area contributed by atoms with Crippen LogP contribution >= 0.6 is 11.3 Å². The molecule has 1 aliphatic rings. The van der Waals surface area contributed by atoms with E-state index in [1.165, 1.54) is 11.9 Å². The van der Waals surface area contributed by atoms with Gasteiger partial charge in [-0.2, -0.15) is 0 Å². The predicted octanol–water partition coefficient (Wildman–Crippen LogP) is 0.658. The number of likely N-dealkylation sites (N-methyl/N-ethyl adjacent to an activating group) is 1. The van der Waals surface area contributed by atoms with Crippen molar-refractivity contribution in [1.29, 1.82) is 0 Å². The van der Waals surface area contributed by atoms with Crippen molar-refractivity contribution in [2.75, 3.05) is 13.6 Å². The summed E-state index contributed by atoms with van der Waals surface area (Å²) in [5, 5.41) is 5.68. The number of nitrogens with one attached hydrogen (secondary N) is 3. The van der Waals surface area contributed by atoms with E-state index >= 15 is 0 Å².